The molecule has 2 N–H and O–H groups in total. The number of ether oxygens (including phenoxy) is 1. The second kappa shape index (κ2) is 10.5. The van der Waals surface area contributed by atoms with Crippen LogP contribution >= 0.6 is 0 Å². The van der Waals surface area contributed by atoms with Crippen molar-refractivity contribution >= 4 is 28.4 Å². The Kier molecular flexibility index (Phi) is 7.01. The molecule has 0 bridgehead atoms. The number of nitrogens with one attached hydrogen (secondary N) is 2. The van der Waals surface area contributed by atoms with Gasteiger partial charge in [0, 0.05) is 24.7 Å². The summed E-state index contributed by atoms with van der Waals surface area (Å²) in [5.74, 6) is -1.04. The minimum Gasteiger partial charge on any atom is -0.378 e. The van der Waals surface area contributed by atoms with Crippen LogP contribution in [-0.2, 0) is 9.53 Å². The Bertz CT molecular complexity index is 1440. The number of rotatable bonds is 7. The monoisotopic (exact) mass is 511 g/mol. The number of carbonyl (C=O) groups is 1. The number of aromatic nitrogens is 4. The van der Waals surface area contributed by atoms with Crippen LogP contribution in [0.4, 0.5) is 24.7 Å². The number of para-hydroxylation sites is 2. The zero-order valence-electron chi connectivity index (χ0n) is 19.9. The molecule has 3 heterocycles. The van der Waals surface area contributed by atoms with E-state index in [2.05, 4.69) is 25.6 Å². The van der Waals surface area contributed by atoms with Crippen molar-refractivity contribution in [3.63, 3.8) is 0 Å². The van der Waals surface area contributed by atoms with Crippen molar-refractivity contribution in [2.45, 2.75) is 6.43 Å². The number of morpholine rings is 1. The molecule has 0 atom stereocenters. The van der Waals surface area contributed by atoms with E-state index in [9.17, 15) is 18.0 Å². The first-order valence-corrected chi connectivity index (χ1v) is 11.7. The largest absolute Gasteiger partial charge is 0.378 e. The number of fused-ring (bicyclic) bond motifs is 1. The Labute approximate surface area is 210 Å². The minimum atomic E-state index is -2.87. The lowest BCUT2D eigenvalue weighted by molar-refractivity contribution is -0.115. The van der Waals surface area contributed by atoms with Crippen LogP contribution in [0.3, 0.4) is 0 Å². The number of halogens is 3. The fourth-order valence-electron chi connectivity index (χ4n) is 4.16. The van der Waals surface area contributed by atoms with Crippen molar-refractivity contribution in [2.75, 3.05) is 50.1 Å². The van der Waals surface area contributed by atoms with Crippen molar-refractivity contribution < 1.29 is 22.7 Å². The number of hydrogen-bond donors (Lipinski definition) is 2. The molecule has 12 heteroatoms. The first-order chi connectivity index (χ1) is 17.9. The summed E-state index contributed by atoms with van der Waals surface area (Å²) >= 11 is 0. The summed E-state index contributed by atoms with van der Waals surface area (Å²) in [7, 11) is 1.61. The Hall–Kier alpha value is -4.03. The minimum absolute atomic E-state index is 0.00482. The fraction of sp³-hybridized carbons (Fsp3) is 0.280. The number of benzene rings is 2. The van der Waals surface area contributed by atoms with Gasteiger partial charge in [0.15, 0.2) is 5.82 Å². The molecule has 1 aliphatic heterocycles. The smallest absolute Gasteiger partial charge is 0.296 e. The highest BCUT2D eigenvalue weighted by atomic mass is 19.3. The van der Waals surface area contributed by atoms with Crippen molar-refractivity contribution in [3.05, 3.63) is 60.2 Å². The quantitative estimate of drug-likeness (QED) is 0.392. The summed E-state index contributed by atoms with van der Waals surface area (Å²) in [4.78, 5) is 27.1. The number of alkyl halides is 2. The molecule has 1 fully saturated rings. The van der Waals surface area contributed by atoms with E-state index < -0.39 is 18.1 Å². The van der Waals surface area contributed by atoms with Crippen LogP contribution in [0.25, 0.3) is 28.2 Å². The Balaban J connectivity index is 1.64. The number of carbonyl (C=O) groups excluding carboxylic acids is 1. The molecule has 5 rings (SSSR count). The molecule has 1 amide bonds. The van der Waals surface area contributed by atoms with Crippen molar-refractivity contribution in [1.29, 1.82) is 0 Å². The summed E-state index contributed by atoms with van der Waals surface area (Å²) in [5, 5.41) is 5.20. The van der Waals surface area contributed by atoms with Gasteiger partial charge in [-0.3, -0.25) is 9.36 Å². The van der Waals surface area contributed by atoms with E-state index >= 15 is 0 Å². The summed E-state index contributed by atoms with van der Waals surface area (Å²) < 4.78 is 49.7. The molecule has 1 saturated heterocycles. The highest BCUT2D eigenvalue weighted by Crippen LogP contribution is 2.31. The van der Waals surface area contributed by atoms with Gasteiger partial charge in [-0.2, -0.15) is 4.98 Å². The zero-order chi connectivity index (χ0) is 25.9. The summed E-state index contributed by atoms with van der Waals surface area (Å²) in [6.45, 7) is 2.10. The number of anilines is 2. The summed E-state index contributed by atoms with van der Waals surface area (Å²) in [5.41, 5.74) is 1.55. The number of likely N-dealkylation sites (N-methyl/N-ethyl adjacent to an activating group) is 1. The fourth-order valence-corrected chi connectivity index (χ4v) is 4.16. The highest BCUT2D eigenvalue weighted by molar-refractivity contribution is 5.92. The van der Waals surface area contributed by atoms with Gasteiger partial charge < -0.3 is 20.3 Å². The molecular weight excluding hydrogens is 487 g/mol. The molecule has 0 spiro atoms. The Morgan fingerprint density at radius 1 is 1.08 bits per heavy atom. The predicted molar refractivity (Wildman–Crippen MR) is 133 cm³/mol. The van der Waals surface area contributed by atoms with Crippen molar-refractivity contribution in [2.24, 2.45) is 0 Å². The standard InChI is InChI=1S/C25H24F3N7O2/c1-29-14-22(36)30-17-7-6-15(12-16(17)26)19-13-21(34-8-10-37-11-9-34)33-25(32-19)35-20-5-3-2-4-18(20)31-24(35)23(27)28/h2-7,12-13,23,29H,8-11,14H2,1H3,(H,30,36). The van der Waals surface area contributed by atoms with Gasteiger partial charge in [-0.25, -0.2) is 23.1 Å². The molecule has 2 aromatic heterocycles. The summed E-state index contributed by atoms with van der Waals surface area (Å²) in [6.07, 6.45) is -2.87. The van der Waals surface area contributed by atoms with E-state index in [0.29, 0.717) is 54.4 Å². The second-order valence-electron chi connectivity index (χ2n) is 8.38. The van der Waals surface area contributed by atoms with Crippen LogP contribution in [0.2, 0.25) is 0 Å². The molecule has 9 nitrogen and oxygen atoms in total. The molecule has 1 aliphatic rings. The van der Waals surface area contributed by atoms with Crippen LogP contribution in [0.15, 0.2) is 48.5 Å². The lowest BCUT2D eigenvalue weighted by atomic mass is 10.1. The molecule has 37 heavy (non-hydrogen) atoms. The van der Waals surface area contributed by atoms with Crippen LogP contribution in [-0.4, -0.2) is 65.3 Å². The van der Waals surface area contributed by atoms with E-state index in [0.717, 1.165) is 0 Å². The molecule has 2 aromatic carbocycles. The topological polar surface area (TPSA) is 97.2 Å². The maximum atomic E-state index is 14.9. The third-order valence-corrected chi connectivity index (χ3v) is 5.89. The van der Waals surface area contributed by atoms with E-state index in [4.69, 9.17) is 4.74 Å². The van der Waals surface area contributed by atoms with Gasteiger partial charge in [0.25, 0.3) is 6.43 Å². The van der Waals surface area contributed by atoms with Crippen LogP contribution in [0.1, 0.15) is 12.2 Å². The van der Waals surface area contributed by atoms with Gasteiger partial charge in [-0.1, -0.05) is 18.2 Å². The lowest BCUT2D eigenvalue weighted by Gasteiger charge is -2.28. The average molecular weight is 512 g/mol. The van der Waals surface area contributed by atoms with Crippen LogP contribution in [0, 0.1) is 5.82 Å². The highest BCUT2D eigenvalue weighted by Gasteiger charge is 2.24. The van der Waals surface area contributed by atoms with E-state index in [1.54, 1.807) is 43.4 Å². The number of imidazole rings is 1. The molecule has 0 radical (unpaired) electrons. The van der Waals surface area contributed by atoms with Gasteiger partial charge in [0.05, 0.1) is 42.2 Å². The second-order valence-corrected chi connectivity index (χ2v) is 8.38. The Morgan fingerprint density at radius 3 is 2.59 bits per heavy atom. The van der Waals surface area contributed by atoms with E-state index in [1.807, 2.05) is 4.90 Å². The van der Waals surface area contributed by atoms with E-state index in [1.165, 1.54) is 16.7 Å². The Morgan fingerprint density at radius 2 is 1.86 bits per heavy atom. The normalized spacial score (nSPS) is 13.9. The maximum absolute atomic E-state index is 14.9. The molecule has 192 valence electrons. The SMILES string of the molecule is CNCC(=O)Nc1ccc(-c2cc(N3CCOCC3)nc(-n3c(C(F)F)nc4ccccc43)n2)cc1F. The molecular formula is C25H24F3N7O2. The lowest BCUT2D eigenvalue weighted by Crippen LogP contribution is -2.37. The maximum Gasteiger partial charge on any atom is 0.296 e. The summed E-state index contributed by atoms with van der Waals surface area (Å²) in [6, 6.07) is 12.7. The van der Waals surface area contributed by atoms with Crippen LogP contribution in [0.5, 0.6) is 0 Å². The predicted octanol–water partition coefficient (Wildman–Crippen LogP) is 3.55. The molecule has 0 saturated carbocycles. The number of nitrogens with zero attached hydrogens (tertiary/aromatic N) is 5. The molecule has 0 aliphatic carbocycles. The van der Waals surface area contributed by atoms with Gasteiger partial charge in [0.1, 0.15) is 11.6 Å². The zero-order valence-corrected chi connectivity index (χ0v) is 19.9. The van der Waals surface area contributed by atoms with Gasteiger partial charge >= 0.3 is 0 Å². The molecule has 4 aromatic rings. The van der Waals surface area contributed by atoms with Gasteiger partial charge in [0.2, 0.25) is 11.9 Å². The number of hydrogen-bond acceptors (Lipinski definition) is 7. The van der Waals surface area contributed by atoms with Gasteiger partial charge in [-0.05, 0) is 31.3 Å². The molecule has 0 unspecified atom stereocenters. The first kappa shape index (κ1) is 24.7. The first-order valence-electron chi connectivity index (χ1n) is 11.7. The third-order valence-electron chi connectivity index (χ3n) is 5.89. The third kappa shape index (κ3) is 5.11. The van der Waals surface area contributed by atoms with Crippen molar-refractivity contribution in [1.82, 2.24) is 24.8 Å². The van der Waals surface area contributed by atoms with Crippen LogP contribution < -0.4 is 15.5 Å². The van der Waals surface area contributed by atoms with Gasteiger partial charge in [-0.15, -0.1) is 0 Å². The number of amides is 1. The van der Waals surface area contributed by atoms with E-state index in [-0.39, 0.29) is 24.1 Å². The average Bonchev–Trinajstić information content (AvgIpc) is 3.30. The van der Waals surface area contributed by atoms with Crippen molar-refractivity contribution in [3.8, 4) is 17.2 Å².